The molecule has 1 saturated heterocycles. The van der Waals surface area contributed by atoms with Gasteiger partial charge in [0, 0.05) is 12.2 Å². The van der Waals surface area contributed by atoms with Crippen molar-refractivity contribution in [2.45, 2.75) is 12.5 Å². The van der Waals surface area contributed by atoms with Crippen molar-refractivity contribution in [1.82, 2.24) is 5.32 Å². The molecule has 102 valence electrons. The number of carbonyl (C=O) groups excluding carboxylic acids is 1. The molecule has 2 aromatic carbocycles. The number of benzene rings is 2. The summed E-state index contributed by atoms with van der Waals surface area (Å²) in [5.74, 6) is -0.0294. The third kappa shape index (κ3) is 2.89. The van der Waals surface area contributed by atoms with E-state index in [4.69, 9.17) is 4.74 Å². The summed E-state index contributed by atoms with van der Waals surface area (Å²) in [6.07, 6.45) is 0.893. The largest absolute Gasteiger partial charge is 0.379 e. The van der Waals surface area contributed by atoms with Gasteiger partial charge in [-0.2, -0.15) is 0 Å². The molecule has 0 aliphatic carbocycles. The summed E-state index contributed by atoms with van der Waals surface area (Å²) in [6, 6.07) is 17.9. The molecule has 0 saturated carbocycles. The molecule has 20 heavy (non-hydrogen) atoms. The minimum Gasteiger partial charge on any atom is -0.379 e. The molecule has 3 rings (SSSR count). The van der Waals surface area contributed by atoms with Crippen molar-refractivity contribution in [2.75, 3.05) is 13.2 Å². The Morgan fingerprint density at radius 3 is 2.60 bits per heavy atom. The van der Waals surface area contributed by atoms with E-state index in [-0.39, 0.29) is 11.9 Å². The lowest BCUT2D eigenvalue weighted by Gasteiger charge is -2.11. The maximum absolute atomic E-state index is 12.2. The average molecular weight is 267 g/mol. The molecule has 0 spiro atoms. The zero-order valence-corrected chi connectivity index (χ0v) is 11.2. The first kappa shape index (κ1) is 12.9. The normalized spacial score (nSPS) is 17.9. The van der Waals surface area contributed by atoms with Crippen molar-refractivity contribution in [3.63, 3.8) is 0 Å². The second-order valence-electron chi connectivity index (χ2n) is 4.98. The molecule has 2 aromatic rings. The highest BCUT2D eigenvalue weighted by Crippen LogP contribution is 2.20. The Bertz CT molecular complexity index is 589. The third-order valence-electron chi connectivity index (χ3n) is 3.50. The molecule has 1 N–H and O–H groups in total. The number of ether oxygens (including phenoxy) is 1. The molecule has 1 aliphatic rings. The second kappa shape index (κ2) is 5.88. The fraction of sp³-hybridized carbons (Fsp3) is 0.235. The molecular formula is C17H17NO2. The van der Waals surface area contributed by atoms with Gasteiger partial charge in [0.25, 0.3) is 5.91 Å². The van der Waals surface area contributed by atoms with Crippen molar-refractivity contribution in [3.8, 4) is 11.1 Å². The van der Waals surface area contributed by atoms with Crippen molar-refractivity contribution >= 4 is 5.91 Å². The summed E-state index contributed by atoms with van der Waals surface area (Å²) < 4.78 is 5.27. The first-order valence-corrected chi connectivity index (χ1v) is 6.87. The molecule has 0 radical (unpaired) electrons. The average Bonchev–Trinajstić information content (AvgIpc) is 3.01. The van der Waals surface area contributed by atoms with E-state index >= 15 is 0 Å². The Kier molecular flexibility index (Phi) is 3.79. The van der Waals surface area contributed by atoms with Crippen molar-refractivity contribution in [1.29, 1.82) is 0 Å². The SMILES string of the molecule is O=C(N[C@@H]1CCOC1)c1cccc(-c2ccccc2)c1. The van der Waals surface area contributed by atoms with E-state index in [1.165, 1.54) is 0 Å². The van der Waals surface area contributed by atoms with Crippen LogP contribution in [0.25, 0.3) is 11.1 Å². The fourth-order valence-electron chi connectivity index (χ4n) is 2.39. The molecule has 0 aromatic heterocycles. The van der Waals surface area contributed by atoms with E-state index in [1.807, 2.05) is 54.6 Å². The number of amides is 1. The number of rotatable bonds is 3. The van der Waals surface area contributed by atoms with Crippen molar-refractivity contribution in [2.24, 2.45) is 0 Å². The van der Waals surface area contributed by atoms with Crippen LogP contribution in [0.3, 0.4) is 0 Å². The predicted molar refractivity (Wildman–Crippen MR) is 78.6 cm³/mol. The van der Waals surface area contributed by atoms with Crippen LogP contribution < -0.4 is 5.32 Å². The van der Waals surface area contributed by atoms with Gasteiger partial charge in [0.2, 0.25) is 0 Å². The Morgan fingerprint density at radius 1 is 1.05 bits per heavy atom. The van der Waals surface area contributed by atoms with E-state index in [2.05, 4.69) is 5.32 Å². The van der Waals surface area contributed by atoms with Crippen LogP contribution in [0, 0.1) is 0 Å². The van der Waals surface area contributed by atoms with E-state index < -0.39 is 0 Å². The molecule has 1 fully saturated rings. The van der Waals surface area contributed by atoms with Crippen LogP contribution in [0.15, 0.2) is 54.6 Å². The van der Waals surface area contributed by atoms with Gasteiger partial charge < -0.3 is 10.1 Å². The zero-order chi connectivity index (χ0) is 13.8. The summed E-state index contributed by atoms with van der Waals surface area (Å²) in [5, 5.41) is 3.01. The van der Waals surface area contributed by atoms with Crippen LogP contribution in [-0.2, 0) is 4.74 Å². The number of carbonyl (C=O) groups is 1. The van der Waals surface area contributed by atoms with E-state index in [0.717, 1.165) is 24.2 Å². The maximum atomic E-state index is 12.2. The van der Waals surface area contributed by atoms with Crippen LogP contribution in [0.4, 0.5) is 0 Å². The maximum Gasteiger partial charge on any atom is 0.251 e. The molecule has 3 heteroatoms. The van der Waals surface area contributed by atoms with Gasteiger partial charge >= 0.3 is 0 Å². The summed E-state index contributed by atoms with van der Waals surface area (Å²) in [4.78, 5) is 12.2. The highest BCUT2D eigenvalue weighted by molar-refractivity contribution is 5.95. The topological polar surface area (TPSA) is 38.3 Å². The van der Waals surface area contributed by atoms with Gasteiger partial charge in [0.05, 0.1) is 12.6 Å². The lowest BCUT2D eigenvalue weighted by atomic mass is 10.0. The van der Waals surface area contributed by atoms with Crippen LogP contribution in [0.1, 0.15) is 16.8 Å². The van der Waals surface area contributed by atoms with Crippen LogP contribution in [0.2, 0.25) is 0 Å². The fourth-order valence-corrected chi connectivity index (χ4v) is 2.39. The highest BCUT2D eigenvalue weighted by Gasteiger charge is 2.18. The van der Waals surface area contributed by atoms with Crippen LogP contribution in [0.5, 0.6) is 0 Å². The Balaban J connectivity index is 1.78. The minimum atomic E-state index is -0.0294. The summed E-state index contributed by atoms with van der Waals surface area (Å²) in [7, 11) is 0. The number of nitrogens with one attached hydrogen (secondary N) is 1. The Labute approximate surface area is 118 Å². The van der Waals surface area contributed by atoms with Gasteiger partial charge in [0.1, 0.15) is 0 Å². The molecule has 1 heterocycles. The van der Waals surface area contributed by atoms with E-state index in [9.17, 15) is 4.79 Å². The molecule has 0 unspecified atom stereocenters. The number of hydrogen-bond donors (Lipinski definition) is 1. The van der Waals surface area contributed by atoms with Crippen molar-refractivity contribution in [3.05, 3.63) is 60.2 Å². The lowest BCUT2D eigenvalue weighted by Crippen LogP contribution is -2.34. The van der Waals surface area contributed by atoms with E-state index in [0.29, 0.717) is 12.2 Å². The lowest BCUT2D eigenvalue weighted by molar-refractivity contribution is 0.0930. The summed E-state index contributed by atoms with van der Waals surface area (Å²) >= 11 is 0. The van der Waals surface area contributed by atoms with Gasteiger partial charge in [-0.05, 0) is 29.7 Å². The van der Waals surface area contributed by atoms with Crippen LogP contribution >= 0.6 is 0 Å². The molecule has 1 amide bonds. The predicted octanol–water partition coefficient (Wildman–Crippen LogP) is 2.87. The quantitative estimate of drug-likeness (QED) is 0.928. The molecular weight excluding hydrogens is 250 g/mol. The highest BCUT2D eigenvalue weighted by atomic mass is 16.5. The number of hydrogen-bond acceptors (Lipinski definition) is 2. The summed E-state index contributed by atoms with van der Waals surface area (Å²) in [5.41, 5.74) is 2.87. The third-order valence-corrected chi connectivity index (χ3v) is 3.50. The van der Waals surface area contributed by atoms with Gasteiger partial charge in [-0.15, -0.1) is 0 Å². The Hall–Kier alpha value is -2.13. The van der Waals surface area contributed by atoms with Gasteiger partial charge in [0.15, 0.2) is 0 Å². The van der Waals surface area contributed by atoms with Crippen molar-refractivity contribution < 1.29 is 9.53 Å². The smallest absolute Gasteiger partial charge is 0.251 e. The Morgan fingerprint density at radius 2 is 1.85 bits per heavy atom. The molecule has 3 nitrogen and oxygen atoms in total. The van der Waals surface area contributed by atoms with Crippen LogP contribution in [-0.4, -0.2) is 25.2 Å². The molecule has 1 atom stereocenters. The standard InChI is InChI=1S/C17H17NO2/c19-17(18-16-9-10-20-12-16)15-8-4-7-14(11-15)13-5-2-1-3-6-13/h1-8,11,16H,9-10,12H2,(H,18,19)/t16-/m1/s1. The van der Waals surface area contributed by atoms with E-state index in [1.54, 1.807) is 0 Å². The summed E-state index contributed by atoms with van der Waals surface area (Å²) in [6.45, 7) is 1.35. The minimum absolute atomic E-state index is 0.0294. The molecule has 1 aliphatic heterocycles. The van der Waals surface area contributed by atoms with Gasteiger partial charge in [-0.1, -0.05) is 42.5 Å². The van der Waals surface area contributed by atoms with Gasteiger partial charge in [-0.3, -0.25) is 4.79 Å². The second-order valence-corrected chi connectivity index (χ2v) is 4.98. The first-order valence-electron chi connectivity index (χ1n) is 6.87. The zero-order valence-electron chi connectivity index (χ0n) is 11.2. The molecule has 0 bridgehead atoms. The monoisotopic (exact) mass is 267 g/mol. The first-order chi connectivity index (χ1) is 9.83. The van der Waals surface area contributed by atoms with Gasteiger partial charge in [-0.25, -0.2) is 0 Å².